The maximum atomic E-state index is 10.9. The van der Waals surface area contributed by atoms with Gasteiger partial charge in [-0.1, -0.05) is 23.2 Å². The lowest BCUT2D eigenvalue weighted by Crippen LogP contribution is -2.01. The van der Waals surface area contributed by atoms with Gasteiger partial charge in [-0.25, -0.2) is 0 Å². The SMILES string of the molecule is O=c1ccc(-c2cc(Cl)ccc2Cl)c[nH]1. The minimum absolute atomic E-state index is 0.142. The summed E-state index contributed by atoms with van der Waals surface area (Å²) < 4.78 is 0. The minimum atomic E-state index is -0.142. The number of aromatic amines is 1. The Morgan fingerprint density at radius 2 is 1.87 bits per heavy atom. The number of pyridine rings is 1. The normalized spacial score (nSPS) is 10.3. The summed E-state index contributed by atoms with van der Waals surface area (Å²) in [5.74, 6) is 0. The highest BCUT2D eigenvalue weighted by molar-refractivity contribution is 6.35. The van der Waals surface area contributed by atoms with Crippen molar-refractivity contribution in [3.05, 3.63) is 56.9 Å². The molecule has 2 nitrogen and oxygen atoms in total. The van der Waals surface area contributed by atoms with E-state index in [1.807, 2.05) is 0 Å². The highest BCUT2D eigenvalue weighted by Gasteiger charge is 2.03. The van der Waals surface area contributed by atoms with Gasteiger partial charge in [0.15, 0.2) is 0 Å². The first-order valence-electron chi connectivity index (χ1n) is 4.31. The first-order valence-corrected chi connectivity index (χ1v) is 5.06. The molecule has 0 aliphatic carbocycles. The van der Waals surface area contributed by atoms with Crippen LogP contribution in [0.25, 0.3) is 11.1 Å². The minimum Gasteiger partial charge on any atom is -0.328 e. The van der Waals surface area contributed by atoms with E-state index < -0.39 is 0 Å². The van der Waals surface area contributed by atoms with Crippen molar-refractivity contribution in [2.45, 2.75) is 0 Å². The summed E-state index contributed by atoms with van der Waals surface area (Å²) >= 11 is 11.9. The van der Waals surface area contributed by atoms with E-state index in [4.69, 9.17) is 23.2 Å². The molecule has 1 aromatic heterocycles. The lowest BCUT2D eigenvalue weighted by atomic mass is 10.1. The Balaban J connectivity index is 2.58. The molecule has 1 aromatic carbocycles. The molecular weight excluding hydrogens is 233 g/mol. The van der Waals surface area contributed by atoms with Crippen LogP contribution in [0.1, 0.15) is 0 Å². The van der Waals surface area contributed by atoms with E-state index in [1.54, 1.807) is 30.5 Å². The Labute approximate surface area is 96.5 Å². The van der Waals surface area contributed by atoms with E-state index in [9.17, 15) is 4.79 Å². The third-order valence-corrected chi connectivity index (χ3v) is 2.59. The molecular formula is C11H7Cl2NO. The summed E-state index contributed by atoms with van der Waals surface area (Å²) in [5.41, 5.74) is 1.50. The number of aromatic nitrogens is 1. The van der Waals surface area contributed by atoms with Crippen molar-refractivity contribution < 1.29 is 0 Å². The number of H-pyrrole nitrogens is 1. The molecule has 0 unspecified atom stereocenters. The Morgan fingerprint density at radius 3 is 2.53 bits per heavy atom. The van der Waals surface area contributed by atoms with Gasteiger partial charge in [0, 0.05) is 27.9 Å². The van der Waals surface area contributed by atoms with Crippen LogP contribution in [0.4, 0.5) is 0 Å². The molecule has 2 aromatic rings. The van der Waals surface area contributed by atoms with Crippen molar-refractivity contribution in [2.24, 2.45) is 0 Å². The molecule has 0 aliphatic heterocycles. The number of benzene rings is 1. The number of hydrogen-bond donors (Lipinski definition) is 1. The Hall–Kier alpha value is -1.25. The predicted octanol–water partition coefficient (Wildman–Crippen LogP) is 3.35. The van der Waals surface area contributed by atoms with Gasteiger partial charge in [0.05, 0.1) is 0 Å². The van der Waals surface area contributed by atoms with E-state index in [1.165, 1.54) is 6.07 Å². The fraction of sp³-hybridized carbons (Fsp3) is 0. The molecule has 0 aliphatic rings. The molecule has 1 heterocycles. The van der Waals surface area contributed by atoms with Crippen LogP contribution in [0.15, 0.2) is 41.3 Å². The van der Waals surface area contributed by atoms with Gasteiger partial charge < -0.3 is 4.98 Å². The van der Waals surface area contributed by atoms with Gasteiger partial charge in [0.25, 0.3) is 0 Å². The standard InChI is InChI=1S/C11H7Cl2NO/c12-8-2-3-10(13)9(5-8)7-1-4-11(15)14-6-7/h1-6H,(H,14,15). The van der Waals surface area contributed by atoms with Crippen molar-refractivity contribution in [3.8, 4) is 11.1 Å². The summed E-state index contributed by atoms with van der Waals surface area (Å²) in [6.07, 6.45) is 1.61. The largest absolute Gasteiger partial charge is 0.328 e. The quantitative estimate of drug-likeness (QED) is 0.814. The topological polar surface area (TPSA) is 32.9 Å². The average Bonchev–Trinajstić information content (AvgIpc) is 2.23. The molecule has 76 valence electrons. The molecule has 15 heavy (non-hydrogen) atoms. The summed E-state index contributed by atoms with van der Waals surface area (Å²) in [6, 6.07) is 8.36. The van der Waals surface area contributed by atoms with E-state index in [2.05, 4.69) is 4.98 Å². The summed E-state index contributed by atoms with van der Waals surface area (Å²) in [7, 11) is 0. The maximum absolute atomic E-state index is 10.9. The smallest absolute Gasteiger partial charge is 0.247 e. The molecule has 0 atom stereocenters. The van der Waals surface area contributed by atoms with Crippen LogP contribution in [0.3, 0.4) is 0 Å². The Kier molecular flexibility index (Phi) is 2.80. The van der Waals surface area contributed by atoms with Gasteiger partial charge in [-0.3, -0.25) is 4.79 Å². The second-order valence-electron chi connectivity index (χ2n) is 3.07. The second-order valence-corrected chi connectivity index (χ2v) is 3.91. The van der Waals surface area contributed by atoms with Crippen molar-refractivity contribution >= 4 is 23.2 Å². The molecule has 0 saturated carbocycles. The van der Waals surface area contributed by atoms with Gasteiger partial charge in [0.1, 0.15) is 0 Å². The van der Waals surface area contributed by atoms with Crippen LogP contribution in [-0.2, 0) is 0 Å². The fourth-order valence-corrected chi connectivity index (χ4v) is 1.70. The van der Waals surface area contributed by atoms with Crippen molar-refractivity contribution in [2.75, 3.05) is 0 Å². The van der Waals surface area contributed by atoms with E-state index in [0.29, 0.717) is 10.0 Å². The number of hydrogen-bond acceptors (Lipinski definition) is 1. The van der Waals surface area contributed by atoms with Gasteiger partial charge in [-0.2, -0.15) is 0 Å². The van der Waals surface area contributed by atoms with Crippen LogP contribution in [0.2, 0.25) is 10.0 Å². The van der Waals surface area contributed by atoms with Crippen molar-refractivity contribution in [3.63, 3.8) is 0 Å². The van der Waals surface area contributed by atoms with Crippen LogP contribution in [-0.4, -0.2) is 4.98 Å². The summed E-state index contributed by atoms with van der Waals surface area (Å²) in [6.45, 7) is 0. The molecule has 0 radical (unpaired) electrons. The van der Waals surface area contributed by atoms with E-state index in [0.717, 1.165) is 11.1 Å². The van der Waals surface area contributed by atoms with Gasteiger partial charge in [-0.15, -0.1) is 0 Å². The highest BCUT2D eigenvalue weighted by atomic mass is 35.5. The molecule has 1 N–H and O–H groups in total. The van der Waals surface area contributed by atoms with Crippen LogP contribution in [0, 0.1) is 0 Å². The molecule has 0 spiro atoms. The molecule has 4 heteroatoms. The zero-order valence-electron chi connectivity index (χ0n) is 7.63. The van der Waals surface area contributed by atoms with Crippen LogP contribution < -0.4 is 5.56 Å². The van der Waals surface area contributed by atoms with Gasteiger partial charge in [-0.05, 0) is 29.8 Å². The van der Waals surface area contributed by atoms with Gasteiger partial charge in [0.2, 0.25) is 5.56 Å². The Morgan fingerprint density at radius 1 is 1.07 bits per heavy atom. The van der Waals surface area contributed by atoms with Crippen molar-refractivity contribution in [1.82, 2.24) is 4.98 Å². The fourth-order valence-electron chi connectivity index (χ4n) is 1.30. The number of halogens is 2. The maximum Gasteiger partial charge on any atom is 0.247 e. The first-order chi connectivity index (χ1) is 7.16. The average molecular weight is 240 g/mol. The molecule has 0 bridgehead atoms. The molecule has 0 amide bonds. The second kappa shape index (κ2) is 4.09. The first kappa shape index (κ1) is 10.3. The van der Waals surface area contributed by atoms with Crippen LogP contribution >= 0.6 is 23.2 Å². The predicted molar refractivity (Wildman–Crippen MR) is 62.5 cm³/mol. The number of rotatable bonds is 1. The van der Waals surface area contributed by atoms with Gasteiger partial charge >= 0.3 is 0 Å². The summed E-state index contributed by atoms with van der Waals surface area (Å²) in [4.78, 5) is 13.5. The molecule has 0 fully saturated rings. The zero-order valence-corrected chi connectivity index (χ0v) is 9.14. The van der Waals surface area contributed by atoms with Crippen LogP contribution in [0.5, 0.6) is 0 Å². The summed E-state index contributed by atoms with van der Waals surface area (Å²) in [5, 5.41) is 1.21. The van der Waals surface area contributed by atoms with E-state index in [-0.39, 0.29) is 5.56 Å². The lowest BCUT2D eigenvalue weighted by Gasteiger charge is -2.04. The van der Waals surface area contributed by atoms with Crippen molar-refractivity contribution in [1.29, 1.82) is 0 Å². The third kappa shape index (κ3) is 2.22. The molecule has 0 saturated heterocycles. The Bertz CT molecular complexity index is 528. The highest BCUT2D eigenvalue weighted by Crippen LogP contribution is 2.29. The third-order valence-electron chi connectivity index (χ3n) is 2.02. The lowest BCUT2D eigenvalue weighted by molar-refractivity contribution is 1.24. The van der Waals surface area contributed by atoms with E-state index >= 15 is 0 Å². The zero-order chi connectivity index (χ0) is 10.8. The number of nitrogens with one attached hydrogen (secondary N) is 1. The monoisotopic (exact) mass is 239 g/mol. The molecule has 2 rings (SSSR count).